The molecule has 1 aromatic carbocycles. The molecule has 0 spiro atoms. The standard InChI is InChI=1S/C12H11ClO2S/c1-14-11-8(10-4-3-7-16-10)5-6-9(13)12(11)15-2/h3-7H,1-2H3. The van der Waals surface area contributed by atoms with Gasteiger partial charge in [-0.15, -0.1) is 11.3 Å². The summed E-state index contributed by atoms with van der Waals surface area (Å²) in [5, 5.41) is 2.58. The lowest BCUT2D eigenvalue weighted by atomic mass is 10.1. The van der Waals surface area contributed by atoms with E-state index in [9.17, 15) is 0 Å². The molecule has 1 heterocycles. The second kappa shape index (κ2) is 4.76. The fraction of sp³-hybridized carbons (Fsp3) is 0.167. The van der Waals surface area contributed by atoms with Crippen molar-refractivity contribution in [1.82, 2.24) is 0 Å². The number of ether oxygens (including phenoxy) is 2. The van der Waals surface area contributed by atoms with Gasteiger partial charge in [-0.2, -0.15) is 0 Å². The minimum absolute atomic E-state index is 0.555. The van der Waals surface area contributed by atoms with Gasteiger partial charge in [-0.05, 0) is 23.6 Å². The highest BCUT2D eigenvalue weighted by Crippen LogP contribution is 2.43. The summed E-state index contributed by atoms with van der Waals surface area (Å²) in [4.78, 5) is 1.13. The van der Waals surface area contributed by atoms with E-state index in [1.807, 2.05) is 29.6 Å². The van der Waals surface area contributed by atoms with Crippen molar-refractivity contribution in [2.24, 2.45) is 0 Å². The van der Waals surface area contributed by atoms with Crippen LogP contribution in [0.1, 0.15) is 0 Å². The molecule has 0 N–H and O–H groups in total. The van der Waals surface area contributed by atoms with Gasteiger partial charge in [0.15, 0.2) is 11.5 Å². The molecule has 0 radical (unpaired) electrons. The highest BCUT2D eigenvalue weighted by atomic mass is 35.5. The van der Waals surface area contributed by atoms with Crippen LogP contribution < -0.4 is 9.47 Å². The van der Waals surface area contributed by atoms with Gasteiger partial charge in [0.05, 0.1) is 19.2 Å². The third-order valence-electron chi connectivity index (χ3n) is 2.26. The van der Waals surface area contributed by atoms with E-state index in [-0.39, 0.29) is 0 Å². The predicted molar refractivity (Wildman–Crippen MR) is 67.9 cm³/mol. The molecule has 1 aromatic heterocycles. The van der Waals surface area contributed by atoms with E-state index in [4.69, 9.17) is 21.1 Å². The summed E-state index contributed by atoms with van der Waals surface area (Å²) in [6, 6.07) is 7.80. The van der Waals surface area contributed by atoms with Gasteiger partial charge in [-0.25, -0.2) is 0 Å². The van der Waals surface area contributed by atoms with Gasteiger partial charge in [-0.1, -0.05) is 17.7 Å². The fourth-order valence-electron chi connectivity index (χ4n) is 1.56. The number of halogens is 1. The Morgan fingerprint density at radius 3 is 2.38 bits per heavy atom. The molecule has 0 aliphatic carbocycles. The molecule has 84 valence electrons. The second-order valence-corrected chi connectivity index (χ2v) is 4.49. The Labute approximate surface area is 103 Å². The van der Waals surface area contributed by atoms with Crippen molar-refractivity contribution in [3.05, 3.63) is 34.7 Å². The van der Waals surface area contributed by atoms with E-state index in [1.54, 1.807) is 25.6 Å². The van der Waals surface area contributed by atoms with Gasteiger partial charge in [0.2, 0.25) is 0 Å². The molecule has 0 amide bonds. The third-order valence-corrected chi connectivity index (χ3v) is 3.46. The molecule has 0 aliphatic rings. The Kier molecular flexibility index (Phi) is 3.36. The molecule has 0 aliphatic heterocycles. The van der Waals surface area contributed by atoms with E-state index in [0.29, 0.717) is 16.5 Å². The maximum atomic E-state index is 6.04. The van der Waals surface area contributed by atoms with Crippen molar-refractivity contribution in [2.45, 2.75) is 0 Å². The maximum Gasteiger partial charge on any atom is 0.180 e. The summed E-state index contributed by atoms with van der Waals surface area (Å²) in [5.41, 5.74) is 0.999. The first-order chi connectivity index (χ1) is 7.77. The lowest BCUT2D eigenvalue weighted by Gasteiger charge is -2.12. The Balaban J connectivity index is 2.62. The van der Waals surface area contributed by atoms with Crippen LogP contribution in [0.3, 0.4) is 0 Å². The Morgan fingerprint density at radius 1 is 1.06 bits per heavy atom. The van der Waals surface area contributed by atoms with Crippen LogP contribution in [-0.4, -0.2) is 14.2 Å². The summed E-state index contributed by atoms with van der Waals surface area (Å²) >= 11 is 7.69. The van der Waals surface area contributed by atoms with Crippen LogP contribution in [0, 0.1) is 0 Å². The first kappa shape index (κ1) is 11.3. The van der Waals surface area contributed by atoms with Crippen molar-refractivity contribution in [3.63, 3.8) is 0 Å². The largest absolute Gasteiger partial charge is 0.492 e. The average Bonchev–Trinajstić information content (AvgIpc) is 2.81. The number of benzene rings is 1. The first-order valence-corrected chi connectivity index (χ1v) is 5.98. The molecule has 4 heteroatoms. The highest BCUT2D eigenvalue weighted by Gasteiger charge is 2.15. The number of thiophene rings is 1. The fourth-order valence-corrected chi connectivity index (χ4v) is 2.53. The number of hydrogen-bond donors (Lipinski definition) is 0. The highest BCUT2D eigenvalue weighted by molar-refractivity contribution is 7.13. The topological polar surface area (TPSA) is 18.5 Å². The molecule has 0 unspecified atom stereocenters. The van der Waals surface area contributed by atoms with E-state index >= 15 is 0 Å². The molecular formula is C12H11ClO2S. The molecule has 2 aromatic rings. The average molecular weight is 255 g/mol. The molecule has 2 nitrogen and oxygen atoms in total. The molecule has 0 atom stereocenters. The lowest BCUT2D eigenvalue weighted by Crippen LogP contribution is -1.93. The molecular weight excluding hydrogens is 244 g/mol. The van der Waals surface area contributed by atoms with Crippen LogP contribution in [0.5, 0.6) is 11.5 Å². The zero-order valence-electron chi connectivity index (χ0n) is 8.99. The second-order valence-electron chi connectivity index (χ2n) is 3.14. The Hall–Kier alpha value is -1.19. The van der Waals surface area contributed by atoms with Gasteiger partial charge >= 0.3 is 0 Å². The van der Waals surface area contributed by atoms with Crippen molar-refractivity contribution >= 4 is 22.9 Å². The van der Waals surface area contributed by atoms with Gasteiger partial charge in [0.25, 0.3) is 0 Å². The monoisotopic (exact) mass is 254 g/mol. The third kappa shape index (κ3) is 1.88. The van der Waals surface area contributed by atoms with Crippen LogP contribution in [-0.2, 0) is 0 Å². The zero-order chi connectivity index (χ0) is 11.5. The van der Waals surface area contributed by atoms with E-state index in [2.05, 4.69) is 0 Å². The van der Waals surface area contributed by atoms with Crippen LogP contribution in [0.25, 0.3) is 10.4 Å². The molecule has 2 rings (SSSR count). The van der Waals surface area contributed by atoms with Gasteiger partial charge < -0.3 is 9.47 Å². The Morgan fingerprint density at radius 2 is 1.81 bits per heavy atom. The minimum Gasteiger partial charge on any atom is -0.492 e. The smallest absolute Gasteiger partial charge is 0.180 e. The minimum atomic E-state index is 0.555. The summed E-state index contributed by atoms with van der Waals surface area (Å²) in [7, 11) is 3.20. The summed E-state index contributed by atoms with van der Waals surface area (Å²) in [6.45, 7) is 0. The first-order valence-electron chi connectivity index (χ1n) is 4.72. The van der Waals surface area contributed by atoms with Crippen LogP contribution in [0.4, 0.5) is 0 Å². The SMILES string of the molecule is COc1c(Cl)ccc(-c2cccs2)c1OC. The molecule has 0 saturated heterocycles. The normalized spacial score (nSPS) is 10.2. The summed E-state index contributed by atoms with van der Waals surface area (Å²) in [5.74, 6) is 1.26. The quantitative estimate of drug-likeness (QED) is 0.822. The molecule has 0 fully saturated rings. The zero-order valence-corrected chi connectivity index (χ0v) is 10.6. The predicted octanol–water partition coefficient (Wildman–Crippen LogP) is 4.09. The van der Waals surface area contributed by atoms with E-state index in [1.165, 1.54) is 0 Å². The van der Waals surface area contributed by atoms with Crippen molar-refractivity contribution in [1.29, 1.82) is 0 Å². The molecule has 0 saturated carbocycles. The molecule has 0 bridgehead atoms. The van der Waals surface area contributed by atoms with Crippen LogP contribution in [0.2, 0.25) is 5.02 Å². The van der Waals surface area contributed by atoms with E-state index in [0.717, 1.165) is 10.4 Å². The Bertz CT molecular complexity index is 480. The van der Waals surface area contributed by atoms with Crippen LogP contribution in [0.15, 0.2) is 29.6 Å². The van der Waals surface area contributed by atoms with Gasteiger partial charge in [0, 0.05) is 10.4 Å². The van der Waals surface area contributed by atoms with Crippen molar-refractivity contribution in [2.75, 3.05) is 14.2 Å². The van der Waals surface area contributed by atoms with Crippen molar-refractivity contribution in [3.8, 4) is 21.9 Å². The van der Waals surface area contributed by atoms with Gasteiger partial charge in [-0.3, -0.25) is 0 Å². The number of methoxy groups -OCH3 is 2. The molecule has 16 heavy (non-hydrogen) atoms. The van der Waals surface area contributed by atoms with Crippen molar-refractivity contribution < 1.29 is 9.47 Å². The van der Waals surface area contributed by atoms with E-state index < -0.39 is 0 Å². The van der Waals surface area contributed by atoms with Gasteiger partial charge in [0.1, 0.15) is 0 Å². The summed E-state index contributed by atoms with van der Waals surface area (Å²) < 4.78 is 10.6. The van der Waals surface area contributed by atoms with Crippen LogP contribution >= 0.6 is 22.9 Å². The number of rotatable bonds is 3. The number of hydrogen-bond acceptors (Lipinski definition) is 3. The maximum absolute atomic E-state index is 6.04. The lowest BCUT2D eigenvalue weighted by molar-refractivity contribution is 0.356. The summed E-state index contributed by atoms with van der Waals surface area (Å²) in [6.07, 6.45) is 0.